The Hall–Kier alpha value is -0.950. The third kappa shape index (κ3) is 4.58. The van der Waals surface area contributed by atoms with Gasteiger partial charge in [0.1, 0.15) is 0 Å². The average molecular weight is 304 g/mol. The van der Waals surface area contributed by atoms with Gasteiger partial charge < -0.3 is 14.4 Å². The summed E-state index contributed by atoms with van der Waals surface area (Å²) in [6.45, 7) is 1.29. The van der Waals surface area contributed by atoms with Crippen LogP contribution in [0.3, 0.4) is 0 Å². The lowest BCUT2D eigenvalue weighted by Gasteiger charge is -2.20. The largest absolute Gasteiger partial charge is 0.768 e. The molecule has 5 nitrogen and oxygen atoms in total. The Morgan fingerprint density at radius 3 is 2.47 bits per heavy atom. The fourth-order valence-corrected chi connectivity index (χ4v) is 2.19. The number of nitrogens with zero attached hydrogens (tertiary/aromatic N) is 2. The summed E-state index contributed by atoms with van der Waals surface area (Å²) in [5.41, 5.74) is 0.310. The number of hydrogen-bond acceptors (Lipinski definition) is 4. The maximum atomic E-state index is 12.1. The molecule has 0 aliphatic carbocycles. The first kappa shape index (κ1) is 16.1. The highest BCUT2D eigenvalue weighted by molar-refractivity contribution is 7.79. The highest BCUT2D eigenvalue weighted by Crippen LogP contribution is 2.21. The Balaban J connectivity index is 2.88. The normalized spacial score (nSPS) is 12.5. The molecule has 1 atom stereocenters. The van der Waals surface area contributed by atoms with Crippen molar-refractivity contribution in [3.05, 3.63) is 28.8 Å². The molecule has 1 rings (SSSR count). The quantitative estimate of drug-likeness (QED) is 0.767. The third-order valence-corrected chi connectivity index (χ3v) is 3.73. The first-order valence-corrected chi connectivity index (χ1v) is 7.07. The number of halogens is 1. The number of carbonyl (C=O) groups excluding carboxylic acids is 1. The van der Waals surface area contributed by atoms with Crippen molar-refractivity contribution in [3.8, 4) is 0 Å². The number of benzene rings is 1. The molecule has 106 valence electrons. The highest BCUT2D eigenvalue weighted by atomic mass is 35.5. The molecule has 1 amide bonds. The number of amides is 1. The van der Waals surface area contributed by atoms with E-state index in [0.717, 1.165) is 6.54 Å². The maximum absolute atomic E-state index is 12.1. The predicted octanol–water partition coefficient (Wildman–Crippen LogP) is 1.21. The first-order chi connectivity index (χ1) is 8.82. The second-order valence-corrected chi connectivity index (χ2v) is 5.73. The van der Waals surface area contributed by atoms with E-state index in [2.05, 4.69) is 0 Å². The van der Waals surface area contributed by atoms with Crippen LogP contribution in [0.5, 0.6) is 0 Å². The SMILES string of the molecule is CN(C)CCN(C)C(=O)c1ccc(Cl)c(S(=O)[O-])c1. The Morgan fingerprint density at radius 1 is 1.32 bits per heavy atom. The van der Waals surface area contributed by atoms with E-state index < -0.39 is 11.1 Å². The van der Waals surface area contributed by atoms with Gasteiger partial charge in [0.25, 0.3) is 5.91 Å². The molecule has 0 aliphatic heterocycles. The fraction of sp³-hybridized carbons (Fsp3) is 0.417. The predicted molar refractivity (Wildman–Crippen MR) is 74.2 cm³/mol. The van der Waals surface area contributed by atoms with Crippen molar-refractivity contribution in [1.82, 2.24) is 9.80 Å². The van der Waals surface area contributed by atoms with Crippen LogP contribution < -0.4 is 0 Å². The van der Waals surface area contributed by atoms with E-state index in [0.29, 0.717) is 12.1 Å². The molecule has 19 heavy (non-hydrogen) atoms. The lowest BCUT2D eigenvalue weighted by molar-refractivity contribution is 0.0786. The van der Waals surface area contributed by atoms with Crippen molar-refractivity contribution in [2.75, 3.05) is 34.2 Å². The summed E-state index contributed by atoms with van der Waals surface area (Å²) in [5.74, 6) is -0.231. The summed E-state index contributed by atoms with van der Waals surface area (Å²) < 4.78 is 21.9. The average Bonchev–Trinajstić information content (AvgIpc) is 2.35. The lowest BCUT2D eigenvalue weighted by atomic mass is 10.2. The number of carbonyl (C=O) groups is 1. The molecule has 0 aliphatic rings. The smallest absolute Gasteiger partial charge is 0.253 e. The van der Waals surface area contributed by atoms with Gasteiger partial charge in [-0.15, -0.1) is 0 Å². The minimum absolute atomic E-state index is 0.0615. The van der Waals surface area contributed by atoms with E-state index in [9.17, 15) is 13.6 Å². The highest BCUT2D eigenvalue weighted by Gasteiger charge is 2.13. The molecular formula is C12H16ClN2O3S-. The van der Waals surface area contributed by atoms with Crippen LogP contribution in [0.25, 0.3) is 0 Å². The van der Waals surface area contributed by atoms with E-state index in [4.69, 9.17) is 11.6 Å². The second kappa shape index (κ2) is 7.00. The molecule has 0 saturated carbocycles. The Labute approximate surface area is 120 Å². The molecule has 0 bridgehead atoms. The number of rotatable bonds is 5. The van der Waals surface area contributed by atoms with Crippen LogP contribution in [0.4, 0.5) is 0 Å². The lowest BCUT2D eigenvalue weighted by Crippen LogP contribution is -2.33. The van der Waals surface area contributed by atoms with Crippen LogP contribution >= 0.6 is 11.6 Å². The van der Waals surface area contributed by atoms with Crippen molar-refractivity contribution >= 4 is 28.6 Å². The van der Waals surface area contributed by atoms with Crippen LogP contribution in [0.2, 0.25) is 5.02 Å². The summed E-state index contributed by atoms with van der Waals surface area (Å²) in [6.07, 6.45) is 0. The van der Waals surface area contributed by atoms with Gasteiger partial charge in [-0.1, -0.05) is 11.6 Å². The van der Waals surface area contributed by atoms with Crippen molar-refractivity contribution in [1.29, 1.82) is 0 Å². The molecule has 1 aromatic carbocycles. The van der Waals surface area contributed by atoms with Crippen LogP contribution in [-0.2, 0) is 11.1 Å². The van der Waals surface area contributed by atoms with Crippen molar-refractivity contribution < 1.29 is 13.6 Å². The Morgan fingerprint density at radius 2 is 1.95 bits per heavy atom. The van der Waals surface area contributed by atoms with Gasteiger partial charge in [-0.05, 0) is 43.4 Å². The van der Waals surface area contributed by atoms with Crippen LogP contribution in [0, 0.1) is 0 Å². The van der Waals surface area contributed by atoms with Gasteiger partial charge in [-0.25, -0.2) is 0 Å². The fourth-order valence-electron chi connectivity index (χ4n) is 1.44. The Bertz CT molecular complexity index is 494. The standard InChI is InChI=1S/C12H17ClN2O3S/c1-14(2)6-7-15(3)12(16)9-4-5-10(13)11(8-9)19(17)18/h4-5,8H,6-7H2,1-3H3,(H,17,18)/p-1. The molecule has 1 unspecified atom stereocenters. The van der Waals surface area contributed by atoms with Crippen molar-refractivity contribution in [2.45, 2.75) is 4.90 Å². The third-order valence-electron chi connectivity index (χ3n) is 2.59. The van der Waals surface area contributed by atoms with Crippen molar-refractivity contribution in [3.63, 3.8) is 0 Å². The summed E-state index contributed by atoms with van der Waals surface area (Å²) >= 11 is 3.30. The van der Waals surface area contributed by atoms with E-state index in [1.54, 1.807) is 11.9 Å². The van der Waals surface area contributed by atoms with Gasteiger partial charge in [-0.2, -0.15) is 0 Å². The summed E-state index contributed by atoms with van der Waals surface area (Å²) in [5, 5.41) is 0.112. The summed E-state index contributed by atoms with van der Waals surface area (Å²) in [4.78, 5) is 15.5. The molecular weight excluding hydrogens is 288 g/mol. The first-order valence-electron chi connectivity index (χ1n) is 5.62. The Kier molecular flexibility index (Phi) is 5.93. The van der Waals surface area contributed by atoms with E-state index >= 15 is 0 Å². The minimum atomic E-state index is -2.45. The second-order valence-electron chi connectivity index (χ2n) is 4.41. The number of hydrogen-bond donors (Lipinski definition) is 0. The van der Waals surface area contributed by atoms with Gasteiger partial charge >= 0.3 is 0 Å². The van der Waals surface area contributed by atoms with Gasteiger partial charge in [0.2, 0.25) is 0 Å². The molecule has 0 aromatic heterocycles. The van der Waals surface area contributed by atoms with Crippen molar-refractivity contribution in [2.24, 2.45) is 0 Å². The van der Waals surface area contributed by atoms with Gasteiger partial charge in [0.05, 0.1) is 5.02 Å². The topological polar surface area (TPSA) is 63.7 Å². The molecule has 0 heterocycles. The van der Waals surface area contributed by atoms with Crippen LogP contribution in [-0.4, -0.2) is 58.7 Å². The summed E-state index contributed by atoms with van der Waals surface area (Å²) in [6, 6.07) is 4.23. The van der Waals surface area contributed by atoms with Crippen LogP contribution in [0.1, 0.15) is 10.4 Å². The zero-order chi connectivity index (χ0) is 14.6. The zero-order valence-electron chi connectivity index (χ0n) is 11.1. The molecule has 0 radical (unpaired) electrons. The minimum Gasteiger partial charge on any atom is -0.768 e. The van der Waals surface area contributed by atoms with Gasteiger partial charge in [0, 0.05) is 30.6 Å². The monoisotopic (exact) mass is 303 g/mol. The molecule has 0 saturated heterocycles. The van der Waals surface area contributed by atoms with Crippen LogP contribution in [0.15, 0.2) is 23.1 Å². The number of likely N-dealkylation sites (N-methyl/N-ethyl adjacent to an activating group) is 2. The molecule has 0 N–H and O–H groups in total. The maximum Gasteiger partial charge on any atom is 0.253 e. The molecule has 0 fully saturated rings. The van der Waals surface area contributed by atoms with Gasteiger partial charge in [0.15, 0.2) is 0 Å². The molecule has 7 heteroatoms. The zero-order valence-corrected chi connectivity index (χ0v) is 12.6. The van der Waals surface area contributed by atoms with E-state index in [1.807, 2.05) is 19.0 Å². The molecule has 1 aromatic rings. The summed E-state index contributed by atoms with van der Waals surface area (Å²) in [7, 11) is 5.51. The molecule has 0 spiro atoms. The van der Waals surface area contributed by atoms with E-state index in [-0.39, 0.29) is 15.8 Å². The van der Waals surface area contributed by atoms with E-state index in [1.165, 1.54) is 18.2 Å². The van der Waals surface area contributed by atoms with Gasteiger partial charge in [-0.3, -0.25) is 9.00 Å².